The minimum Gasteiger partial charge on any atom is -0.480 e. The molecule has 1 atom stereocenters. The molecule has 2 N–H and O–H groups in total. The van der Waals surface area contributed by atoms with Gasteiger partial charge in [-0.2, -0.15) is 0 Å². The van der Waals surface area contributed by atoms with E-state index in [2.05, 4.69) is 20.0 Å². The number of nitrogens with zero attached hydrogens (tertiary/aromatic N) is 2. The summed E-state index contributed by atoms with van der Waals surface area (Å²) in [4.78, 5) is 30.9. The molecule has 0 amide bonds. The Balaban J connectivity index is 2.30. The Morgan fingerprint density at radius 2 is 2.10 bits per heavy atom. The lowest BCUT2D eigenvalue weighted by Crippen LogP contribution is -2.46. The number of methoxy groups -OCH3 is 1. The number of esters is 1. The Morgan fingerprint density at radius 3 is 2.60 bits per heavy atom. The van der Waals surface area contributed by atoms with E-state index in [4.69, 9.17) is 0 Å². The molecule has 0 aliphatic heterocycles. The van der Waals surface area contributed by atoms with Gasteiger partial charge in [0.2, 0.25) is 5.82 Å². The number of rotatable bonds is 5. The summed E-state index contributed by atoms with van der Waals surface area (Å²) in [5, 5.41) is 12.3. The second-order valence-corrected chi connectivity index (χ2v) is 5.12. The molecule has 0 bridgehead atoms. The van der Waals surface area contributed by atoms with E-state index in [1.165, 1.54) is 7.11 Å². The van der Waals surface area contributed by atoms with Gasteiger partial charge in [-0.25, -0.2) is 19.6 Å². The zero-order chi connectivity index (χ0) is 14.9. The first-order valence-corrected chi connectivity index (χ1v) is 6.32. The molecule has 0 radical (unpaired) electrons. The molecular formula is C13H17N3O4. The van der Waals surface area contributed by atoms with Crippen LogP contribution in [0.1, 0.15) is 36.1 Å². The van der Waals surface area contributed by atoms with Gasteiger partial charge < -0.3 is 15.2 Å². The van der Waals surface area contributed by atoms with Gasteiger partial charge in [0.05, 0.1) is 7.11 Å². The van der Waals surface area contributed by atoms with Crippen molar-refractivity contribution in [3.63, 3.8) is 0 Å². The van der Waals surface area contributed by atoms with Crippen LogP contribution in [0, 0.1) is 12.8 Å². The summed E-state index contributed by atoms with van der Waals surface area (Å²) in [5.74, 6) is -1.29. The summed E-state index contributed by atoms with van der Waals surface area (Å²) in [6.45, 7) is 3.33. The molecule has 0 spiro atoms. The van der Waals surface area contributed by atoms with Gasteiger partial charge in [0.25, 0.3) is 0 Å². The van der Waals surface area contributed by atoms with Gasteiger partial charge in [0.15, 0.2) is 0 Å². The second-order valence-electron chi connectivity index (χ2n) is 5.12. The molecule has 1 aliphatic carbocycles. The van der Waals surface area contributed by atoms with Crippen LogP contribution in [-0.2, 0) is 9.53 Å². The first kappa shape index (κ1) is 14.2. The average Bonchev–Trinajstić information content (AvgIpc) is 3.21. The summed E-state index contributed by atoms with van der Waals surface area (Å²) < 4.78 is 4.58. The number of hydrogen-bond acceptors (Lipinski definition) is 6. The molecular weight excluding hydrogens is 262 g/mol. The fraction of sp³-hybridized carbons (Fsp3) is 0.538. The molecule has 7 heteroatoms. The van der Waals surface area contributed by atoms with E-state index in [0.717, 1.165) is 12.8 Å². The number of aliphatic carboxylic acids is 1. The van der Waals surface area contributed by atoms with Crippen molar-refractivity contribution in [3.8, 4) is 0 Å². The van der Waals surface area contributed by atoms with Crippen molar-refractivity contribution in [2.75, 3.05) is 12.4 Å². The molecule has 1 aromatic heterocycles. The maximum atomic E-state index is 11.5. The SMILES string of the molecule is COC(=O)c1nc(C)cc(NC(C)(C(=O)O)C2CC2)n1. The van der Waals surface area contributed by atoms with E-state index in [0.29, 0.717) is 11.5 Å². The number of nitrogens with one attached hydrogen (secondary N) is 1. The maximum absolute atomic E-state index is 11.5. The Labute approximate surface area is 116 Å². The molecule has 20 heavy (non-hydrogen) atoms. The molecule has 1 aliphatic rings. The van der Waals surface area contributed by atoms with Crippen LogP contribution in [0.25, 0.3) is 0 Å². The highest BCUT2D eigenvalue weighted by Gasteiger charge is 2.47. The van der Waals surface area contributed by atoms with Crippen molar-refractivity contribution in [2.24, 2.45) is 5.92 Å². The van der Waals surface area contributed by atoms with Crippen molar-refractivity contribution in [3.05, 3.63) is 17.6 Å². The molecule has 1 fully saturated rings. The van der Waals surface area contributed by atoms with Gasteiger partial charge in [0.1, 0.15) is 11.4 Å². The number of aromatic nitrogens is 2. The number of carbonyl (C=O) groups is 2. The van der Waals surface area contributed by atoms with Crippen LogP contribution in [0.15, 0.2) is 6.07 Å². The normalized spacial score (nSPS) is 17.1. The van der Waals surface area contributed by atoms with Crippen LogP contribution >= 0.6 is 0 Å². The van der Waals surface area contributed by atoms with Crippen LogP contribution in [0.4, 0.5) is 5.82 Å². The van der Waals surface area contributed by atoms with E-state index in [9.17, 15) is 14.7 Å². The Morgan fingerprint density at radius 1 is 1.45 bits per heavy atom. The third kappa shape index (κ3) is 2.71. The highest BCUT2D eigenvalue weighted by atomic mass is 16.5. The summed E-state index contributed by atoms with van der Waals surface area (Å²) >= 11 is 0. The largest absolute Gasteiger partial charge is 0.480 e. The van der Waals surface area contributed by atoms with E-state index < -0.39 is 17.5 Å². The average molecular weight is 279 g/mol. The van der Waals surface area contributed by atoms with Gasteiger partial charge in [-0.1, -0.05) is 0 Å². The number of anilines is 1. The lowest BCUT2D eigenvalue weighted by atomic mass is 9.96. The Bertz CT molecular complexity index is 557. The van der Waals surface area contributed by atoms with E-state index in [-0.39, 0.29) is 11.7 Å². The molecule has 1 heterocycles. The van der Waals surface area contributed by atoms with E-state index in [1.807, 2.05) is 0 Å². The van der Waals surface area contributed by atoms with Crippen molar-refractivity contribution in [1.29, 1.82) is 0 Å². The summed E-state index contributed by atoms with van der Waals surface area (Å²) in [6.07, 6.45) is 1.73. The number of aryl methyl sites for hydroxylation is 1. The molecule has 2 rings (SSSR count). The summed E-state index contributed by atoms with van der Waals surface area (Å²) in [7, 11) is 1.24. The van der Waals surface area contributed by atoms with Crippen LogP contribution in [0.3, 0.4) is 0 Å². The van der Waals surface area contributed by atoms with Gasteiger partial charge >= 0.3 is 11.9 Å². The predicted molar refractivity (Wildman–Crippen MR) is 70.5 cm³/mol. The topological polar surface area (TPSA) is 101 Å². The fourth-order valence-electron chi connectivity index (χ4n) is 2.07. The highest BCUT2D eigenvalue weighted by molar-refractivity contribution is 5.86. The summed E-state index contributed by atoms with van der Waals surface area (Å²) in [5.41, 5.74) is -0.528. The number of carboxylic acid groups (broad SMARTS) is 1. The molecule has 7 nitrogen and oxygen atoms in total. The van der Waals surface area contributed by atoms with E-state index >= 15 is 0 Å². The number of hydrogen-bond donors (Lipinski definition) is 2. The lowest BCUT2D eigenvalue weighted by Gasteiger charge is -2.26. The lowest BCUT2D eigenvalue weighted by molar-refractivity contribution is -0.142. The van der Waals surface area contributed by atoms with Gasteiger partial charge in [-0.3, -0.25) is 0 Å². The third-order valence-electron chi connectivity index (χ3n) is 3.45. The Hall–Kier alpha value is -2.18. The number of carboxylic acids is 1. The minimum atomic E-state index is -1.09. The maximum Gasteiger partial charge on any atom is 0.376 e. The van der Waals surface area contributed by atoms with E-state index in [1.54, 1.807) is 19.9 Å². The molecule has 108 valence electrons. The Kier molecular flexibility index (Phi) is 3.61. The number of ether oxygens (including phenoxy) is 1. The standard InChI is InChI=1S/C13H17N3O4/c1-7-6-9(15-10(14-7)11(17)20-3)16-13(2,12(18)19)8-4-5-8/h6,8H,4-5H2,1-3H3,(H,18,19)(H,14,15,16). The molecule has 0 saturated heterocycles. The van der Waals surface area contributed by atoms with Gasteiger partial charge in [-0.15, -0.1) is 0 Å². The van der Waals surface area contributed by atoms with Gasteiger partial charge in [-0.05, 0) is 32.6 Å². The zero-order valence-electron chi connectivity index (χ0n) is 11.6. The fourth-order valence-corrected chi connectivity index (χ4v) is 2.07. The van der Waals surface area contributed by atoms with Crippen molar-refractivity contribution < 1.29 is 19.4 Å². The highest BCUT2D eigenvalue weighted by Crippen LogP contribution is 2.41. The molecule has 1 unspecified atom stereocenters. The zero-order valence-corrected chi connectivity index (χ0v) is 11.6. The van der Waals surface area contributed by atoms with Crippen molar-refractivity contribution in [1.82, 2.24) is 9.97 Å². The van der Waals surface area contributed by atoms with Crippen LogP contribution in [-0.4, -0.2) is 39.7 Å². The molecule has 1 saturated carbocycles. The first-order chi connectivity index (χ1) is 9.36. The van der Waals surface area contributed by atoms with Crippen LogP contribution in [0.5, 0.6) is 0 Å². The van der Waals surface area contributed by atoms with Crippen molar-refractivity contribution in [2.45, 2.75) is 32.2 Å². The van der Waals surface area contributed by atoms with Crippen LogP contribution < -0.4 is 5.32 Å². The molecule has 1 aromatic rings. The minimum absolute atomic E-state index is 0.0665. The van der Waals surface area contributed by atoms with Crippen LogP contribution in [0.2, 0.25) is 0 Å². The summed E-state index contributed by atoms with van der Waals surface area (Å²) in [6, 6.07) is 1.61. The first-order valence-electron chi connectivity index (χ1n) is 6.32. The number of carbonyl (C=O) groups excluding carboxylic acids is 1. The van der Waals surface area contributed by atoms with Gasteiger partial charge in [0, 0.05) is 11.8 Å². The molecule has 0 aromatic carbocycles. The second kappa shape index (κ2) is 5.07. The smallest absolute Gasteiger partial charge is 0.376 e. The quantitative estimate of drug-likeness (QED) is 0.782. The predicted octanol–water partition coefficient (Wildman–Crippen LogP) is 1.24. The third-order valence-corrected chi connectivity index (χ3v) is 3.45. The van der Waals surface area contributed by atoms with Crippen molar-refractivity contribution >= 4 is 17.8 Å². The monoisotopic (exact) mass is 279 g/mol.